The Morgan fingerprint density at radius 1 is 1.33 bits per heavy atom. The SMILES string of the molecule is Cc1coc2c(C3(C(=O)O)CCCC3)cccc12. The molecule has 1 aliphatic carbocycles. The molecule has 3 nitrogen and oxygen atoms in total. The van der Waals surface area contributed by atoms with Crippen molar-refractivity contribution in [2.45, 2.75) is 38.0 Å². The molecule has 0 unspecified atom stereocenters. The van der Waals surface area contributed by atoms with Crippen molar-refractivity contribution in [1.29, 1.82) is 0 Å². The summed E-state index contributed by atoms with van der Waals surface area (Å²) in [5.41, 5.74) is 1.91. The van der Waals surface area contributed by atoms with Gasteiger partial charge in [-0.05, 0) is 25.3 Å². The fourth-order valence-corrected chi connectivity index (χ4v) is 3.14. The molecule has 0 saturated heterocycles. The number of aliphatic carboxylic acids is 1. The van der Waals surface area contributed by atoms with Crippen molar-refractivity contribution in [1.82, 2.24) is 0 Å². The van der Waals surface area contributed by atoms with Gasteiger partial charge in [-0.3, -0.25) is 4.79 Å². The Kier molecular flexibility index (Phi) is 2.44. The van der Waals surface area contributed by atoms with Crippen molar-refractivity contribution < 1.29 is 14.3 Å². The predicted octanol–water partition coefficient (Wildman–Crippen LogP) is 3.64. The maximum Gasteiger partial charge on any atom is 0.314 e. The molecule has 1 aromatic heterocycles. The van der Waals surface area contributed by atoms with E-state index in [1.54, 1.807) is 6.26 Å². The number of hydrogen-bond donors (Lipinski definition) is 1. The number of hydrogen-bond acceptors (Lipinski definition) is 2. The summed E-state index contributed by atoms with van der Waals surface area (Å²) < 4.78 is 5.60. The Hall–Kier alpha value is -1.77. The molecule has 2 aromatic rings. The lowest BCUT2D eigenvalue weighted by Gasteiger charge is -2.24. The molecule has 0 aliphatic heterocycles. The van der Waals surface area contributed by atoms with Crippen LogP contribution in [0, 0.1) is 6.92 Å². The first-order chi connectivity index (χ1) is 8.65. The molecule has 1 saturated carbocycles. The van der Waals surface area contributed by atoms with Gasteiger partial charge in [0, 0.05) is 10.9 Å². The Balaban J connectivity index is 2.27. The summed E-state index contributed by atoms with van der Waals surface area (Å²) in [6.07, 6.45) is 5.08. The highest BCUT2D eigenvalue weighted by atomic mass is 16.4. The third-order valence-corrected chi connectivity index (χ3v) is 4.18. The number of rotatable bonds is 2. The van der Waals surface area contributed by atoms with Crippen LogP contribution in [0.15, 0.2) is 28.9 Å². The van der Waals surface area contributed by atoms with Crippen molar-refractivity contribution in [2.24, 2.45) is 0 Å². The molecule has 0 radical (unpaired) electrons. The molecule has 1 aliphatic rings. The summed E-state index contributed by atoms with van der Waals surface area (Å²) in [4.78, 5) is 11.7. The van der Waals surface area contributed by atoms with Crippen LogP contribution < -0.4 is 0 Å². The molecule has 1 N–H and O–H groups in total. The van der Waals surface area contributed by atoms with Crippen LogP contribution in [0.3, 0.4) is 0 Å². The Labute approximate surface area is 105 Å². The molecule has 0 amide bonds. The number of carbonyl (C=O) groups is 1. The predicted molar refractivity (Wildman–Crippen MR) is 68.7 cm³/mol. The van der Waals surface area contributed by atoms with Crippen LogP contribution in [0.2, 0.25) is 0 Å². The van der Waals surface area contributed by atoms with Gasteiger partial charge in [-0.1, -0.05) is 31.0 Å². The molecule has 3 rings (SSSR count). The van der Waals surface area contributed by atoms with Crippen LogP contribution >= 0.6 is 0 Å². The number of aryl methyl sites for hydroxylation is 1. The molecule has 1 heterocycles. The second-order valence-corrected chi connectivity index (χ2v) is 5.20. The van der Waals surface area contributed by atoms with Gasteiger partial charge in [0.2, 0.25) is 0 Å². The number of para-hydroxylation sites is 1. The minimum Gasteiger partial charge on any atom is -0.481 e. The molecule has 0 atom stereocenters. The lowest BCUT2D eigenvalue weighted by atomic mass is 9.78. The summed E-state index contributed by atoms with van der Waals surface area (Å²) in [7, 11) is 0. The fourth-order valence-electron chi connectivity index (χ4n) is 3.14. The van der Waals surface area contributed by atoms with Gasteiger partial charge in [0.15, 0.2) is 0 Å². The van der Waals surface area contributed by atoms with E-state index < -0.39 is 11.4 Å². The normalized spacial score (nSPS) is 18.3. The second-order valence-electron chi connectivity index (χ2n) is 5.20. The van der Waals surface area contributed by atoms with E-state index in [0.717, 1.165) is 34.9 Å². The minimum atomic E-state index is -0.746. The van der Waals surface area contributed by atoms with Crippen molar-refractivity contribution in [2.75, 3.05) is 0 Å². The van der Waals surface area contributed by atoms with E-state index in [2.05, 4.69) is 0 Å². The number of fused-ring (bicyclic) bond motifs is 1. The maximum absolute atomic E-state index is 11.7. The van der Waals surface area contributed by atoms with Crippen LogP contribution in [0.1, 0.15) is 36.8 Å². The molecule has 94 valence electrons. The zero-order chi connectivity index (χ0) is 12.8. The van der Waals surface area contributed by atoms with Crippen LogP contribution in [-0.4, -0.2) is 11.1 Å². The number of benzene rings is 1. The third-order valence-electron chi connectivity index (χ3n) is 4.18. The molecule has 18 heavy (non-hydrogen) atoms. The van der Waals surface area contributed by atoms with Gasteiger partial charge in [0.25, 0.3) is 0 Å². The first-order valence-electron chi connectivity index (χ1n) is 6.36. The molecular weight excluding hydrogens is 228 g/mol. The van der Waals surface area contributed by atoms with Gasteiger partial charge < -0.3 is 9.52 Å². The smallest absolute Gasteiger partial charge is 0.314 e. The monoisotopic (exact) mass is 244 g/mol. The number of carboxylic acids is 1. The van der Waals surface area contributed by atoms with Gasteiger partial charge in [0.1, 0.15) is 5.58 Å². The summed E-state index contributed by atoms with van der Waals surface area (Å²) in [5.74, 6) is -0.721. The first-order valence-corrected chi connectivity index (χ1v) is 6.36. The van der Waals surface area contributed by atoms with Crippen molar-refractivity contribution in [3.05, 3.63) is 35.6 Å². The van der Waals surface area contributed by atoms with Gasteiger partial charge in [-0.25, -0.2) is 0 Å². The first kappa shape index (κ1) is 11.3. The Morgan fingerprint density at radius 2 is 2.06 bits per heavy atom. The summed E-state index contributed by atoms with van der Waals surface area (Å²) >= 11 is 0. The van der Waals surface area contributed by atoms with E-state index in [1.165, 1.54) is 0 Å². The van der Waals surface area contributed by atoms with Crippen molar-refractivity contribution >= 4 is 16.9 Å². The highest BCUT2D eigenvalue weighted by Crippen LogP contribution is 2.44. The second kappa shape index (κ2) is 3.87. The van der Waals surface area contributed by atoms with E-state index in [9.17, 15) is 9.90 Å². The lowest BCUT2D eigenvalue weighted by Crippen LogP contribution is -2.32. The van der Waals surface area contributed by atoms with Gasteiger partial charge in [0.05, 0.1) is 11.7 Å². The highest BCUT2D eigenvalue weighted by Gasteiger charge is 2.44. The van der Waals surface area contributed by atoms with Crippen molar-refractivity contribution in [3.63, 3.8) is 0 Å². The van der Waals surface area contributed by atoms with Crippen LogP contribution in [0.4, 0.5) is 0 Å². The topological polar surface area (TPSA) is 50.4 Å². The van der Waals surface area contributed by atoms with Gasteiger partial charge >= 0.3 is 5.97 Å². The fraction of sp³-hybridized carbons (Fsp3) is 0.400. The van der Waals surface area contributed by atoms with E-state index >= 15 is 0 Å². The molecule has 0 spiro atoms. The summed E-state index contributed by atoms with van der Waals surface area (Å²) in [5, 5.41) is 10.7. The van der Waals surface area contributed by atoms with E-state index in [-0.39, 0.29) is 0 Å². The quantitative estimate of drug-likeness (QED) is 0.877. The third kappa shape index (κ3) is 1.40. The van der Waals surface area contributed by atoms with E-state index in [0.29, 0.717) is 12.8 Å². The molecular formula is C15H16O3. The highest BCUT2D eigenvalue weighted by molar-refractivity contribution is 5.91. The largest absolute Gasteiger partial charge is 0.481 e. The molecule has 1 fully saturated rings. The zero-order valence-electron chi connectivity index (χ0n) is 10.4. The molecule has 0 bridgehead atoms. The van der Waals surface area contributed by atoms with E-state index in [1.807, 2.05) is 25.1 Å². The van der Waals surface area contributed by atoms with Gasteiger partial charge in [-0.15, -0.1) is 0 Å². The molecule has 1 aromatic carbocycles. The van der Waals surface area contributed by atoms with Gasteiger partial charge in [-0.2, -0.15) is 0 Å². The summed E-state index contributed by atoms with van der Waals surface area (Å²) in [6.45, 7) is 1.98. The van der Waals surface area contributed by atoms with E-state index in [4.69, 9.17) is 4.42 Å². The van der Waals surface area contributed by atoms with Crippen LogP contribution in [-0.2, 0) is 10.2 Å². The number of furan rings is 1. The molecule has 3 heteroatoms. The average molecular weight is 244 g/mol. The summed E-state index contributed by atoms with van der Waals surface area (Å²) in [6, 6.07) is 5.83. The lowest BCUT2D eigenvalue weighted by molar-refractivity contribution is -0.143. The maximum atomic E-state index is 11.7. The number of carboxylic acid groups (broad SMARTS) is 1. The standard InChI is InChI=1S/C15H16O3/c1-10-9-18-13-11(10)5-4-6-12(13)15(14(16)17)7-2-3-8-15/h4-6,9H,2-3,7-8H2,1H3,(H,16,17). The minimum absolute atomic E-state index is 0.710. The zero-order valence-corrected chi connectivity index (χ0v) is 10.4. The van der Waals surface area contributed by atoms with Crippen LogP contribution in [0.25, 0.3) is 11.0 Å². The average Bonchev–Trinajstić information content (AvgIpc) is 2.97. The Bertz CT molecular complexity index is 603. The van der Waals surface area contributed by atoms with Crippen molar-refractivity contribution in [3.8, 4) is 0 Å². The van der Waals surface area contributed by atoms with Crippen LogP contribution in [0.5, 0.6) is 0 Å². The Morgan fingerprint density at radius 3 is 2.72 bits per heavy atom.